The van der Waals surface area contributed by atoms with Crippen LogP contribution in [0.15, 0.2) is 40.9 Å². The van der Waals surface area contributed by atoms with Crippen molar-refractivity contribution in [1.29, 1.82) is 0 Å². The minimum Gasteiger partial charge on any atom is -0.380 e. The van der Waals surface area contributed by atoms with Gasteiger partial charge in [-0.3, -0.25) is 0 Å². The molecule has 0 radical (unpaired) electrons. The molecule has 1 nitrogen and oxygen atoms in total. The van der Waals surface area contributed by atoms with Crippen LogP contribution in [0.3, 0.4) is 0 Å². The Hall–Kier alpha value is 0.0300. The van der Waals surface area contributed by atoms with E-state index >= 15 is 0 Å². The molecule has 2 rings (SSSR count). The first-order chi connectivity index (χ1) is 8.56. The van der Waals surface area contributed by atoms with Gasteiger partial charge in [0.05, 0.1) is 0 Å². The Bertz CT molecular complexity index is 523. The lowest BCUT2D eigenvalue weighted by atomic mass is 10.2. The normalized spacial score (nSPS) is 10.4. The van der Waals surface area contributed by atoms with E-state index in [4.69, 9.17) is 23.2 Å². The number of rotatable bonds is 3. The first kappa shape index (κ1) is 14.4. The molecular formula is C13H9BrCl2IN. The summed E-state index contributed by atoms with van der Waals surface area (Å²) in [5, 5.41) is 4.75. The molecule has 0 unspecified atom stereocenters. The van der Waals surface area contributed by atoms with E-state index in [2.05, 4.69) is 49.9 Å². The molecule has 0 saturated heterocycles. The van der Waals surface area contributed by atoms with Crippen molar-refractivity contribution in [2.24, 2.45) is 0 Å². The van der Waals surface area contributed by atoms with Crippen molar-refractivity contribution in [2.45, 2.75) is 6.54 Å². The molecule has 94 valence electrons. The van der Waals surface area contributed by atoms with E-state index in [1.807, 2.05) is 24.3 Å². The van der Waals surface area contributed by atoms with Gasteiger partial charge in [-0.05, 0) is 80.5 Å². The maximum Gasteiger partial charge on any atom is 0.0497 e. The fourth-order valence-electron chi connectivity index (χ4n) is 1.50. The standard InChI is InChI=1S/C13H9BrCl2IN/c14-11-3-2-10(17)6-13(11)18-7-8-5-9(15)1-4-12(8)16/h1-6,18H,7H2. The molecule has 0 fully saturated rings. The summed E-state index contributed by atoms with van der Waals surface area (Å²) in [7, 11) is 0. The van der Waals surface area contributed by atoms with Crippen LogP contribution in [0.5, 0.6) is 0 Å². The average Bonchev–Trinajstić information content (AvgIpc) is 2.34. The van der Waals surface area contributed by atoms with E-state index in [0.29, 0.717) is 16.6 Å². The van der Waals surface area contributed by atoms with Gasteiger partial charge in [0, 0.05) is 30.3 Å². The molecule has 0 aromatic heterocycles. The van der Waals surface area contributed by atoms with Crippen molar-refractivity contribution in [2.75, 3.05) is 5.32 Å². The van der Waals surface area contributed by atoms with Crippen molar-refractivity contribution < 1.29 is 0 Å². The SMILES string of the molecule is Clc1ccc(Cl)c(CNc2cc(I)ccc2Br)c1. The predicted molar refractivity (Wildman–Crippen MR) is 90.6 cm³/mol. The zero-order chi connectivity index (χ0) is 13.1. The number of hydrogen-bond donors (Lipinski definition) is 1. The second kappa shape index (κ2) is 6.46. The first-order valence-corrected chi connectivity index (χ1v) is 7.82. The van der Waals surface area contributed by atoms with Crippen LogP contribution in [-0.2, 0) is 6.54 Å². The highest BCUT2D eigenvalue weighted by molar-refractivity contribution is 14.1. The Morgan fingerprint density at radius 1 is 1.11 bits per heavy atom. The molecule has 18 heavy (non-hydrogen) atoms. The molecule has 2 aromatic carbocycles. The molecule has 1 N–H and O–H groups in total. The zero-order valence-electron chi connectivity index (χ0n) is 9.18. The van der Waals surface area contributed by atoms with E-state index in [1.165, 1.54) is 3.57 Å². The molecule has 0 amide bonds. The maximum absolute atomic E-state index is 6.12. The van der Waals surface area contributed by atoms with E-state index in [9.17, 15) is 0 Å². The van der Waals surface area contributed by atoms with Gasteiger partial charge in [0.25, 0.3) is 0 Å². The molecule has 0 aliphatic heterocycles. The summed E-state index contributed by atoms with van der Waals surface area (Å²) in [5.74, 6) is 0. The molecule has 5 heteroatoms. The zero-order valence-corrected chi connectivity index (χ0v) is 14.4. The molecule has 0 aliphatic rings. The van der Waals surface area contributed by atoms with Crippen LogP contribution in [0.2, 0.25) is 10.0 Å². The molecule has 0 bridgehead atoms. The Morgan fingerprint density at radius 2 is 1.89 bits per heavy atom. The van der Waals surface area contributed by atoms with Crippen molar-refractivity contribution in [1.82, 2.24) is 0 Å². The Balaban J connectivity index is 2.16. The largest absolute Gasteiger partial charge is 0.380 e. The minimum atomic E-state index is 0.637. The third-order valence-electron chi connectivity index (χ3n) is 2.41. The predicted octanol–water partition coefficient (Wildman–Crippen LogP) is 5.97. The molecule has 0 saturated carbocycles. The van der Waals surface area contributed by atoms with E-state index in [1.54, 1.807) is 6.07 Å². The highest BCUT2D eigenvalue weighted by atomic mass is 127. The van der Waals surface area contributed by atoms with Crippen LogP contribution < -0.4 is 5.32 Å². The highest BCUT2D eigenvalue weighted by Crippen LogP contribution is 2.26. The lowest BCUT2D eigenvalue weighted by molar-refractivity contribution is 1.14. The molecule has 2 aromatic rings. The third-order valence-corrected chi connectivity index (χ3v) is 4.37. The lowest BCUT2D eigenvalue weighted by Crippen LogP contribution is -2.01. The number of benzene rings is 2. The summed E-state index contributed by atoms with van der Waals surface area (Å²) in [6, 6.07) is 11.6. The molecule has 0 spiro atoms. The van der Waals surface area contributed by atoms with Gasteiger partial charge < -0.3 is 5.32 Å². The average molecular weight is 457 g/mol. The lowest BCUT2D eigenvalue weighted by Gasteiger charge is -2.10. The summed E-state index contributed by atoms with van der Waals surface area (Å²) in [6.07, 6.45) is 0. The molecule has 0 aliphatic carbocycles. The van der Waals surface area contributed by atoms with E-state index < -0.39 is 0 Å². The van der Waals surface area contributed by atoms with Crippen LogP contribution in [0.25, 0.3) is 0 Å². The Labute approximate surface area is 138 Å². The highest BCUT2D eigenvalue weighted by Gasteiger charge is 2.04. The van der Waals surface area contributed by atoms with Gasteiger partial charge in [-0.15, -0.1) is 0 Å². The number of hydrogen-bond acceptors (Lipinski definition) is 1. The van der Waals surface area contributed by atoms with Gasteiger partial charge >= 0.3 is 0 Å². The van der Waals surface area contributed by atoms with Crippen molar-refractivity contribution in [3.8, 4) is 0 Å². The first-order valence-electron chi connectivity index (χ1n) is 5.19. The Morgan fingerprint density at radius 3 is 2.67 bits per heavy atom. The van der Waals surface area contributed by atoms with Crippen LogP contribution in [0.4, 0.5) is 5.69 Å². The van der Waals surface area contributed by atoms with Gasteiger partial charge in [-0.25, -0.2) is 0 Å². The number of anilines is 1. The van der Waals surface area contributed by atoms with E-state index in [0.717, 1.165) is 15.7 Å². The number of nitrogens with one attached hydrogen (secondary N) is 1. The van der Waals surface area contributed by atoms with Crippen molar-refractivity contribution >= 4 is 67.4 Å². The molecule has 0 heterocycles. The quantitative estimate of drug-likeness (QED) is 0.561. The summed E-state index contributed by atoms with van der Waals surface area (Å²) in [5.41, 5.74) is 2.02. The van der Waals surface area contributed by atoms with Crippen LogP contribution in [0.1, 0.15) is 5.56 Å². The second-order valence-electron chi connectivity index (χ2n) is 3.71. The Kier molecular flexibility index (Phi) is 5.18. The molecule has 0 atom stereocenters. The topological polar surface area (TPSA) is 12.0 Å². The summed E-state index contributed by atoms with van der Waals surface area (Å²) < 4.78 is 2.21. The summed E-state index contributed by atoms with van der Waals surface area (Å²) in [4.78, 5) is 0. The fraction of sp³-hybridized carbons (Fsp3) is 0.0769. The summed E-state index contributed by atoms with van der Waals surface area (Å²) >= 11 is 17.9. The van der Waals surface area contributed by atoms with Gasteiger partial charge in [-0.1, -0.05) is 23.2 Å². The van der Waals surface area contributed by atoms with Crippen LogP contribution >= 0.6 is 61.7 Å². The van der Waals surface area contributed by atoms with Gasteiger partial charge in [0.1, 0.15) is 0 Å². The maximum atomic E-state index is 6.12. The van der Waals surface area contributed by atoms with E-state index in [-0.39, 0.29) is 0 Å². The van der Waals surface area contributed by atoms with Gasteiger partial charge in [-0.2, -0.15) is 0 Å². The smallest absolute Gasteiger partial charge is 0.0497 e. The van der Waals surface area contributed by atoms with Crippen molar-refractivity contribution in [3.05, 3.63) is 60.0 Å². The third kappa shape index (κ3) is 3.76. The molecular weight excluding hydrogens is 448 g/mol. The van der Waals surface area contributed by atoms with Gasteiger partial charge in [0.2, 0.25) is 0 Å². The monoisotopic (exact) mass is 455 g/mol. The second-order valence-corrected chi connectivity index (χ2v) is 6.66. The minimum absolute atomic E-state index is 0.637. The fourth-order valence-corrected chi connectivity index (χ4v) is 2.76. The van der Waals surface area contributed by atoms with Crippen molar-refractivity contribution in [3.63, 3.8) is 0 Å². The van der Waals surface area contributed by atoms with Crippen LogP contribution in [0, 0.1) is 3.57 Å². The van der Waals surface area contributed by atoms with Gasteiger partial charge in [0.15, 0.2) is 0 Å². The summed E-state index contributed by atoms with van der Waals surface area (Å²) in [6.45, 7) is 0.637. The van der Waals surface area contributed by atoms with Crippen LogP contribution in [-0.4, -0.2) is 0 Å². The number of halogens is 4.